The van der Waals surface area contributed by atoms with Gasteiger partial charge in [0, 0.05) is 12.3 Å². The molecule has 3 rings (SSSR count). The minimum Gasteiger partial charge on any atom is -0.465 e. The van der Waals surface area contributed by atoms with Gasteiger partial charge in [-0.3, -0.25) is 23.7 Å². The summed E-state index contributed by atoms with van der Waals surface area (Å²) in [4.78, 5) is 37.7. The Balaban J connectivity index is 1.80. The quantitative estimate of drug-likeness (QED) is 0.210. The molecule has 2 heterocycles. The van der Waals surface area contributed by atoms with Crippen LogP contribution in [0.2, 0.25) is 0 Å². The Morgan fingerprint density at radius 1 is 1.37 bits per heavy atom. The Morgan fingerprint density at radius 2 is 2.06 bits per heavy atom. The number of H-pyrrole nitrogens is 1. The fraction of sp³-hybridized carbons (Fsp3) is 0.450. The van der Waals surface area contributed by atoms with Gasteiger partial charge in [-0.05, 0) is 26.0 Å². The van der Waals surface area contributed by atoms with Crippen LogP contribution in [0.25, 0.3) is 0 Å². The smallest absolute Gasteiger partial charge is 0.459 e. The average molecular weight is 597 g/mol. The monoisotopic (exact) mass is 595 g/mol. The molecule has 0 saturated carbocycles. The average Bonchev–Trinajstić information content (AvgIpc) is 3.02. The summed E-state index contributed by atoms with van der Waals surface area (Å²) in [7, 11) is -4.22. The van der Waals surface area contributed by atoms with E-state index in [4.69, 9.17) is 30.1 Å². The van der Waals surface area contributed by atoms with Crippen molar-refractivity contribution in [2.75, 3.05) is 13.2 Å². The molecule has 3 N–H and O–H groups in total. The molecule has 0 amide bonds. The van der Waals surface area contributed by atoms with E-state index >= 15 is 0 Å². The summed E-state index contributed by atoms with van der Waals surface area (Å²) >= 11 is 9.58. The van der Waals surface area contributed by atoms with E-state index in [1.165, 1.54) is 19.1 Å². The van der Waals surface area contributed by atoms with Crippen molar-refractivity contribution >= 4 is 41.2 Å². The van der Waals surface area contributed by atoms with Crippen LogP contribution in [0.15, 0.2) is 52.2 Å². The Bertz CT molecular complexity index is 1190. The number of aromatic nitrogens is 2. The molecule has 0 unspecified atom stereocenters. The first-order valence-electron chi connectivity index (χ1n) is 10.4. The normalized spacial score (nSPS) is 26.6. The molecule has 0 bridgehead atoms. The molecule has 12 nitrogen and oxygen atoms in total. The number of nitrogens with zero attached hydrogens (tertiary/aromatic N) is 1. The van der Waals surface area contributed by atoms with Crippen molar-refractivity contribution in [3.05, 3.63) is 63.4 Å². The van der Waals surface area contributed by atoms with Gasteiger partial charge in [-0.15, -0.1) is 0 Å². The third kappa shape index (κ3) is 6.62. The van der Waals surface area contributed by atoms with Crippen LogP contribution in [-0.2, 0) is 23.4 Å². The number of hydrogen-bond acceptors (Lipinski definition) is 9. The zero-order valence-electron chi connectivity index (χ0n) is 18.6. The molecule has 1 aliphatic rings. The van der Waals surface area contributed by atoms with Gasteiger partial charge in [0.15, 0.2) is 10.0 Å². The molecule has 6 atom stereocenters. The van der Waals surface area contributed by atoms with Gasteiger partial charge in [-0.2, -0.15) is 5.09 Å². The van der Waals surface area contributed by atoms with Crippen molar-refractivity contribution in [1.29, 1.82) is 0 Å². The number of rotatable bonds is 10. The van der Waals surface area contributed by atoms with Crippen LogP contribution in [0.3, 0.4) is 0 Å². The van der Waals surface area contributed by atoms with Crippen LogP contribution >= 0.6 is 35.3 Å². The Labute approximate surface area is 213 Å². The number of aromatic amines is 1. The lowest BCUT2D eigenvalue weighted by Gasteiger charge is -2.25. The summed E-state index contributed by atoms with van der Waals surface area (Å²) in [5.41, 5.74) is -1.44. The first kappa shape index (κ1) is 27.6. The van der Waals surface area contributed by atoms with E-state index in [0.29, 0.717) is 0 Å². The van der Waals surface area contributed by atoms with Crippen LogP contribution in [0, 0.1) is 0 Å². The van der Waals surface area contributed by atoms with E-state index in [2.05, 4.69) is 26.0 Å². The number of alkyl halides is 2. The van der Waals surface area contributed by atoms with E-state index < -0.39 is 59.8 Å². The van der Waals surface area contributed by atoms with E-state index in [0.717, 1.165) is 16.8 Å². The van der Waals surface area contributed by atoms with Crippen LogP contribution in [-0.4, -0.2) is 55.9 Å². The maximum absolute atomic E-state index is 13.5. The lowest BCUT2D eigenvalue weighted by molar-refractivity contribution is -0.144. The highest BCUT2D eigenvalue weighted by atomic mass is 79.9. The van der Waals surface area contributed by atoms with E-state index in [-0.39, 0.29) is 12.4 Å². The lowest BCUT2D eigenvalue weighted by Crippen LogP contribution is -2.41. The third-order valence-corrected chi connectivity index (χ3v) is 7.77. The van der Waals surface area contributed by atoms with Crippen molar-refractivity contribution < 1.29 is 33.0 Å². The van der Waals surface area contributed by atoms with Crippen molar-refractivity contribution in [2.24, 2.45) is 0 Å². The fourth-order valence-electron chi connectivity index (χ4n) is 3.16. The fourth-order valence-corrected chi connectivity index (χ4v) is 5.58. The molecule has 1 fully saturated rings. The van der Waals surface area contributed by atoms with Crippen molar-refractivity contribution in [3.8, 4) is 5.75 Å². The third-order valence-electron chi connectivity index (χ3n) is 4.85. The second-order valence-electron chi connectivity index (χ2n) is 7.46. The molecular formula is C20H24BrClN3O9P. The Morgan fingerprint density at radius 3 is 2.69 bits per heavy atom. The standard InChI is InChI=1S/C20H24BrClN3O9P/c1-3-31-17(28)12(2)24-35(30,34-13-7-5-4-6-8-13)32-11-14-16(27)20(21,22)18(33-14)25-10-9-15(26)23-19(25)29/h4-10,12,14,16,18,27H,3,11H2,1-2H3,(H,24,30)(H,23,26,29)/t12-,14+,16+,18+,20-,35-/m0/s1. The SMILES string of the molecule is CCOC(=O)[C@H](C)N[P@](=O)(OC[C@H]1O[C@@H](n2ccc(=O)[nH]c2=O)[C@](Cl)(Br)[C@@H]1O)Oc1ccccc1. The number of benzene rings is 1. The predicted octanol–water partition coefficient (Wildman–Crippen LogP) is 1.87. The number of aliphatic hydroxyl groups excluding tert-OH is 1. The molecule has 0 radical (unpaired) electrons. The van der Waals surface area contributed by atoms with Crippen molar-refractivity contribution in [1.82, 2.24) is 14.6 Å². The Kier molecular flexibility index (Phi) is 8.97. The molecule has 1 saturated heterocycles. The molecular weight excluding hydrogens is 573 g/mol. The summed E-state index contributed by atoms with van der Waals surface area (Å²) in [6.45, 7) is 2.65. The Hall–Kier alpha value is -1.99. The number of hydrogen-bond donors (Lipinski definition) is 3. The van der Waals surface area contributed by atoms with Gasteiger partial charge in [-0.1, -0.05) is 45.7 Å². The second-order valence-corrected chi connectivity index (χ2v) is 11.6. The number of halogens is 2. The zero-order chi connectivity index (χ0) is 25.8. The van der Waals surface area contributed by atoms with E-state index in [9.17, 15) is 24.1 Å². The molecule has 192 valence electrons. The number of carbonyl (C=O) groups excluding carboxylic acids is 1. The molecule has 1 aromatic heterocycles. The van der Waals surface area contributed by atoms with Crippen LogP contribution in [0.1, 0.15) is 20.1 Å². The summed E-state index contributed by atoms with van der Waals surface area (Å²) in [5.74, 6) is -0.486. The minimum absolute atomic E-state index is 0.117. The molecule has 15 heteroatoms. The first-order chi connectivity index (χ1) is 16.5. The molecule has 1 aliphatic heterocycles. The van der Waals surface area contributed by atoms with Gasteiger partial charge < -0.3 is 19.1 Å². The lowest BCUT2D eigenvalue weighted by atomic mass is 10.2. The summed E-state index contributed by atoms with van der Waals surface area (Å²) in [6.07, 6.45) is -2.76. The number of ether oxygens (including phenoxy) is 2. The highest BCUT2D eigenvalue weighted by molar-refractivity contribution is 9.10. The zero-order valence-corrected chi connectivity index (χ0v) is 21.9. The maximum atomic E-state index is 13.5. The number of para-hydroxylation sites is 1. The second kappa shape index (κ2) is 11.4. The number of carbonyl (C=O) groups is 1. The first-order valence-corrected chi connectivity index (χ1v) is 13.1. The van der Waals surface area contributed by atoms with Crippen LogP contribution in [0.5, 0.6) is 5.75 Å². The highest BCUT2D eigenvalue weighted by Crippen LogP contribution is 2.50. The van der Waals surface area contributed by atoms with Gasteiger partial charge in [0.25, 0.3) is 5.56 Å². The van der Waals surface area contributed by atoms with Crippen LogP contribution < -0.4 is 20.9 Å². The van der Waals surface area contributed by atoms with Gasteiger partial charge in [0.1, 0.15) is 24.0 Å². The molecule has 2 aromatic rings. The van der Waals surface area contributed by atoms with Crippen LogP contribution in [0.4, 0.5) is 0 Å². The summed E-state index contributed by atoms with van der Waals surface area (Å²) in [6, 6.07) is 8.13. The van der Waals surface area contributed by atoms with Gasteiger partial charge in [-0.25, -0.2) is 9.36 Å². The van der Waals surface area contributed by atoms with Crippen molar-refractivity contribution in [2.45, 2.75) is 42.1 Å². The predicted molar refractivity (Wildman–Crippen MR) is 129 cm³/mol. The topological polar surface area (TPSA) is 158 Å². The minimum atomic E-state index is -4.22. The summed E-state index contributed by atoms with van der Waals surface area (Å²) in [5, 5.41) is 13.2. The maximum Gasteiger partial charge on any atom is 0.459 e. The molecule has 0 spiro atoms. The van der Waals surface area contributed by atoms with E-state index in [1.807, 2.05) is 0 Å². The van der Waals surface area contributed by atoms with Gasteiger partial charge in [0.2, 0.25) is 0 Å². The van der Waals surface area contributed by atoms with Gasteiger partial charge >= 0.3 is 19.4 Å². The number of nitrogens with one attached hydrogen (secondary N) is 2. The molecule has 1 aromatic carbocycles. The molecule has 0 aliphatic carbocycles. The number of esters is 1. The van der Waals surface area contributed by atoms with Gasteiger partial charge in [0.05, 0.1) is 13.2 Å². The van der Waals surface area contributed by atoms with Crippen molar-refractivity contribution in [3.63, 3.8) is 0 Å². The number of aliphatic hydroxyl groups is 1. The van der Waals surface area contributed by atoms with E-state index in [1.54, 1.807) is 25.1 Å². The molecule has 35 heavy (non-hydrogen) atoms. The highest BCUT2D eigenvalue weighted by Gasteiger charge is 2.55. The summed E-state index contributed by atoms with van der Waals surface area (Å²) < 4.78 is 34.5. The largest absolute Gasteiger partial charge is 0.465 e.